The van der Waals surface area contributed by atoms with Crippen molar-refractivity contribution in [2.45, 2.75) is 16.6 Å². The number of hydrogen-bond acceptors (Lipinski definition) is 7. The summed E-state index contributed by atoms with van der Waals surface area (Å²) in [5.41, 5.74) is 2.16. The van der Waals surface area contributed by atoms with E-state index < -0.39 is 10.0 Å². The number of amides is 1. The van der Waals surface area contributed by atoms with E-state index in [9.17, 15) is 13.2 Å². The molecule has 0 bridgehead atoms. The van der Waals surface area contributed by atoms with Gasteiger partial charge in [-0.05, 0) is 35.9 Å². The van der Waals surface area contributed by atoms with Crippen molar-refractivity contribution in [1.29, 1.82) is 0 Å². The summed E-state index contributed by atoms with van der Waals surface area (Å²) in [5, 5.41) is 8.62. The van der Waals surface area contributed by atoms with E-state index in [-0.39, 0.29) is 23.3 Å². The lowest BCUT2D eigenvalue weighted by Gasteiger charge is -2.06. The number of thioether (sulfide) groups is 1. The molecule has 3 N–H and O–H groups in total. The van der Waals surface area contributed by atoms with Gasteiger partial charge in [-0.15, -0.1) is 0 Å². The fourth-order valence-corrected chi connectivity index (χ4v) is 4.25. The summed E-state index contributed by atoms with van der Waals surface area (Å²) in [6.45, 7) is 0.578. The van der Waals surface area contributed by atoms with Gasteiger partial charge in [0.25, 0.3) is 0 Å². The smallest absolute Gasteiger partial charge is 0.238 e. The summed E-state index contributed by atoms with van der Waals surface area (Å²) >= 11 is 1.26. The summed E-state index contributed by atoms with van der Waals surface area (Å²) in [5.74, 6) is 1.39. The van der Waals surface area contributed by atoms with Crippen LogP contribution in [-0.4, -0.2) is 36.4 Å². The monoisotopic (exact) mass is 434 g/mol. The van der Waals surface area contributed by atoms with Crippen LogP contribution in [0.25, 0.3) is 11.0 Å². The predicted molar refractivity (Wildman–Crippen MR) is 107 cm³/mol. The average Bonchev–Trinajstić information content (AvgIpc) is 3.27. The van der Waals surface area contributed by atoms with Crippen LogP contribution in [0.2, 0.25) is 0 Å². The number of carbonyl (C=O) groups excluding carboxylic acids is 1. The average molecular weight is 434 g/mol. The molecule has 2 aromatic carbocycles. The third kappa shape index (κ3) is 4.16. The first-order valence-corrected chi connectivity index (χ1v) is 11.1. The van der Waals surface area contributed by atoms with Crippen molar-refractivity contribution in [3.05, 3.63) is 42.0 Å². The summed E-state index contributed by atoms with van der Waals surface area (Å²) in [4.78, 5) is 16.6. The molecule has 3 aromatic rings. The molecule has 1 aliphatic rings. The molecule has 4 rings (SSSR count). The number of primary sulfonamides is 1. The van der Waals surface area contributed by atoms with Crippen LogP contribution in [0.5, 0.6) is 11.5 Å². The van der Waals surface area contributed by atoms with E-state index in [2.05, 4.69) is 10.3 Å². The van der Waals surface area contributed by atoms with Gasteiger partial charge in [0.05, 0.1) is 21.7 Å². The molecular weight excluding hydrogens is 416 g/mol. The lowest BCUT2D eigenvalue weighted by Crippen LogP contribution is -2.24. The number of hydrogen-bond donors (Lipinski definition) is 2. The number of nitrogens with zero attached hydrogens (tertiary/aromatic N) is 2. The molecule has 0 unspecified atom stereocenters. The molecule has 0 aliphatic carbocycles. The van der Waals surface area contributed by atoms with Gasteiger partial charge >= 0.3 is 0 Å². The number of imidazole rings is 1. The molecule has 29 heavy (non-hydrogen) atoms. The summed E-state index contributed by atoms with van der Waals surface area (Å²) in [7, 11) is -1.99. The number of sulfonamides is 1. The van der Waals surface area contributed by atoms with Gasteiger partial charge in [-0.1, -0.05) is 17.8 Å². The number of carbonyl (C=O) groups is 1. The summed E-state index contributed by atoms with van der Waals surface area (Å²) in [6, 6.07) is 10.0. The Kier molecular flexibility index (Phi) is 5.11. The number of aromatic nitrogens is 2. The molecule has 0 spiro atoms. The maximum atomic E-state index is 12.2. The lowest BCUT2D eigenvalue weighted by molar-refractivity contribution is -0.118. The Morgan fingerprint density at radius 1 is 1.24 bits per heavy atom. The molecule has 0 saturated carbocycles. The van der Waals surface area contributed by atoms with Crippen LogP contribution >= 0.6 is 11.8 Å². The highest BCUT2D eigenvalue weighted by Gasteiger charge is 2.15. The normalized spacial score (nSPS) is 13.0. The van der Waals surface area contributed by atoms with Crippen molar-refractivity contribution in [3.8, 4) is 11.5 Å². The lowest BCUT2D eigenvalue weighted by atomic mass is 10.2. The van der Waals surface area contributed by atoms with Gasteiger partial charge in [0.15, 0.2) is 16.7 Å². The molecule has 0 radical (unpaired) electrons. The Morgan fingerprint density at radius 3 is 2.83 bits per heavy atom. The van der Waals surface area contributed by atoms with Gasteiger partial charge in [0.2, 0.25) is 22.7 Å². The molecule has 1 amide bonds. The molecule has 9 nitrogen and oxygen atoms in total. The largest absolute Gasteiger partial charge is 0.454 e. The minimum absolute atomic E-state index is 0.00104. The molecule has 11 heteroatoms. The van der Waals surface area contributed by atoms with E-state index in [0.717, 1.165) is 11.1 Å². The standard InChI is InChI=1S/C18H18N4O5S2/c1-22-14-4-3-12(29(19,24)25)7-13(14)21-18(22)28-9-17(23)20-8-11-2-5-15-16(6-11)27-10-26-15/h2-7H,8-10H2,1H3,(H,20,23)(H2,19,24,25). The number of benzene rings is 2. The molecule has 0 fully saturated rings. The Labute approximate surface area is 171 Å². The molecule has 1 aliphatic heterocycles. The SMILES string of the molecule is Cn1c(SCC(=O)NCc2ccc3c(c2)OCO3)nc2cc(S(N)(=O)=O)ccc21. The maximum Gasteiger partial charge on any atom is 0.238 e. The van der Waals surface area contributed by atoms with E-state index in [1.807, 2.05) is 18.2 Å². The van der Waals surface area contributed by atoms with E-state index >= 15 is 0 Å². The van der Waals surface area contributed by atoms with E-state index in [1.165, 1.54) is 23.9 Å². The van der Waals surface area contributed by atoms with Gasteiger partial charge < -0.3 is 19.4 Å². The number of aryl methyl sites for hydroxylation is 1. The van der Waals surface area contributed by atoms with Crippen molar-refractivity contribution < 1.29 is 22.7 Å². The number of fused-ring (bicyclic) bond motifs is 2. The maximum absolute atomic E-state index is 12.2. The van der Waals surface area contributed by atoms with Gasteiger partial charge in [-0.25, -0.2) is 18.5 Å². The number of nitrogens with one attached hydrogen (secondary N) is 1. The number of nitrogens with two attached hydrogens (primary N) is 1. The van der Waals surface area contributed by atoms with Crippen LogP contribution in [0, 0.1) is 0 Å². The fourth-order valence-electron chi connectivity index (χ4n) is 2.90. The second kappa shape index (κ2) is 7.58. The van der Waals surface area contributed by atoms with Crippen molar-refractivity contribution in [3.63, 3.8) is 0 Å². The molecule has 0 atom stereocenters. The van der Waals surface area contributed by atoms with Crippen LogP contribution in [0.1, 0.15) is 5.56 Å². The van der Waals surface area contributed by atoms with Crippen molar-refractivity contribution in [2.24, 2.45) is 12.2 Å². The highest BCUT2D eigenvalue weighted by Crippen LogP contribution is 2.32. The zero-order chi connectivity index (χ0) is 20.6. The molecule has 1 aromatic heterocycles. The Hall–Kier alpha value is -2.76. The van der Waals surface area contributed by atoms with E-state index in [0.29, 0.717) is 28.7 Å². The summed E-state index contributed by atoms with van der Waals surface area (Å²) in [6.07, 6.45) is 0. The van der Waals surface area contributed by atoms with Crippen LogP contribution in [0.15, 0.2) is 46.5 Å². The minimum Gasteiger partial charge on any atom is -0.454 e. The first-order valence-electron chi connectivity index (χ1n) is 8.58. The first-order chi connectivity index (χ1) is 13.8. The minimum atomic E-state index is -3.80. The third-order valence-electron chi connectivity index (χ3n) is 4.40. The Bertz CT molecular complexity index is 1210. The first kappa shape index (κ1) is 19.6. The van der Waals surface area contributed by atoms with Crippen molar-refractivity contribution in [1.82, 2.24) is 14.9 Å². The molecule has 0 saturated heterocycles. The second-order valence-corrected chi connectivity index (χ2v) is 8.91. The van der Waals surface area contributed by atoms with Crippen LogP contribution in [-0.2, 0) is 28.4 Å². The zero-order valence-corrected chi connectivity index (χ0v) is 17.0. The third-order valence-corrected chi connectivity index (χ3v) is 6.34. The van der Waals surface area contributed by atoms with Gasteiger partial charge in [-0.3, -0.25) is 4.79 Å². The Balaban J connectivity index is 1.38. The van der Waals surface area contributed by atoms with Gasteiger partial charge in [-0.2, -0.15) is 0 Å². The van der Waals surface area contributed by atoms with Crippen LogP contribution in [0.4, 0.5) is 0 Å². The van der Waals surface area contributed by atoms with Crippen molar-refractivity contribution in [2.75, 3.05) is 12.5 Å². The highest BCUT2D eigenvalue weighted by molar-refractivity contribution is 7.99. The number of ether oxygens (including phenoxy) is 2. The quantitative estimate of drug-likeness (QED) is 0.561. The van der Waals surface area contributed by atoms with Crippen molar-refractivity contribution >= 4 is 38.7 Å². The molecular formula is C18H18N4O5S2. The topological polar surface area (TPSA) is 126 Å². The zero-order valence-electron chi connectivity index (χ0n) is 15.4. The Morgan fingerprint density at radius 2 is 2.03 bits per heavy atom. The fraction of sp³-hybridized carbons (Fsp3) is 0.222. The van der Waals surface area contributed by atoms with E-state index in [1.54, 1.807) is 17.7 Å². The summed E-state index contributed by atoms with van der Waals surface area (Å²) < 4.78 is 35.4. The molecule has 2 heterocycles. The van der Waals surface area contributed by atoms with E-state index in [4.69, 9.17) is 14.6 Å². The van der Waals surface area contributed by atoms with Crippen LogP contribution in [0.3, 0.4) is 0 Å². The highest BCUT2D eigenvalue weighted by atomic mass is 32.2. The molecule has 152 valence electrons. The predicted octanol–water partition coefficient (Wildman–Crippen LogP) is 1.36. The number of rotatable bonds is 6. The van der Waals surface area contributed by atoms with Gasteiger partial charge in [0.1, 0.15) is 0 Å². The second-order valence-electron chi connectivity index (χ2n) is 6.40. The van der Waals surface area contributed by atoms with Gasteiger partial charge in [0, 0.05) is 13.6 Å². The van der Waals surface area contributed by atoms with Crippen LogP contribution < -0.4 is 19.9 Å².